The Hall–Kier alpha value is -2.30. The molecule has 9 heteroatoms. The van der Waals surface area contributed by atoms with Gasteiger partial charge in [-0.15, -0.1) is 0 Å². The number of nitrogens with two attached hydrogens (primary N) is 2. The molecule has 0 bridgehead atoms. The van der Waals surface area contributed by atoms with Crippen molar-refractivity contribution in [2.24, 2.45) is 0 Å². The van der Waals surface area contributed by atoms with Crippen LogP contribution in [0.15, 0.2) is 48.5 Å². The van der Waals surface area contributed by atoms with E-state index in [9.17, 15) is 9.59 Å². The molecule has 0 fully saturated rings. The summed E-state index contributed by atoms with van der Waals surface area (Å²) in [6.45, 7) is 4.58. The first-order chi connectivity index (χ1) is 14.9. The Kier molecular flexibility index (Phi) is 17.1. The number of benzene rings is 2. The van der Waals surface area contributed by atoms with Crippen LogP contribution in [0.1, 0.15) is 60.2 Å². The van der Waals surface area contributed by atoms with Gasteiger partial charge in [0.25, 0.3) is 11.8 Å². The largest absolute Gasteiger partial charge is 0.399 e. The Labute approximate surface area is 194 Å². The molecule has 2 aromatic rings. The van der Waals surface area contributed by atoms with Crippen molar-refractivity contribution in [3.05, 3.63) is 59.7 Å². The number of nitrogens with one attached hydrogen (secondary N) is 2. The fraction of sp³-hybridized carbons (Fsp3) is 0.364. The Morgan fingerprint density at radius 1 is 0.806 bits per heavy atom. The number of carbonyl (C=O) groups is 2. The van der Waals surface area contributed by atoms with Crippen LogP contribution in [-0.4, -0.2) is 43.4 Å². The van der Waals surface area contributed by atoms with E-state index in [1.54, 1.807) is 45.3 Å². The first-order valence-electron chi connectivity index (χ1n) is 10.2. The zero-order valence-corrected chi connectivity index (χ0v) is 21.1. The monoisotopic (exact) mass is 538 g/mol. The number of nitrogen functional groups attached to an aromatic ring is 2. The van der Waals surface area contributed by atoms with Crippen LogP contribution in [0.25, 0.3) is 0 Å². The molecule has 8 N–H and O–H groups in total. The van der Waals surface area contributed by atoms with Crippen molar-refractivity contribution in [2.75, 3.05) is 11.5 Å². The van der Waals surface area contributed by atoms with E-state index in [1.165, 1.54) is 48.8 Å². The van der Waals surface area contributed by atoms with Gasteiger partial charge in [0.05, 0.1) is 0 Å². The van der Waals surface area contributed by atoms with E-state index in [2.05, 4.69) is 13.8 Å². The maximum Gasteiger partial charge on any atom is 0.274 e. The first kappa shape index (κ1) is 28.7. The molecular weight excluding hydrogens is 503 g/mol. The first-order valence-corrected chi connectivity index (χ1v) is 14.2. The van der Waals surface area contributed by atoms with Crippen LogP contribution in [-0.2, 0) is 0 Å². The summed E-state index contributed by atoms with van der Waals surface area (Å²) in [5.74, 6) is -1.12. The fourth-order valence-corrected chi connectivity index (χ4v) is 6.38. The second-order valence-electron chi connectivity index (χ2n) is 6.59. The predicted molar refractivity (Wildman–Crippen MR) is 125 cm³/mol. The SMILES string of the molecule is CCC[CH2][Sn][CH2]CCC.Nc1cccc(C(=O)NO)c1.Nc1cccc(C(=O)NO)c1. The number of unbranched alkanes of at least 4 members (excludes halogenated alkanes) is 2. The van der Waals surface area contributed by atoms with E-state index >= 15 is 0 Å². The molecule has 8 nitrogen and oxygen atoms in total. The van der Waals surface area contributed by atoms with Gasteiger partial charge in [-0.25, -0.2) is 11.0 Å². The van der Waals surface area contributed by atoms with Gasteiger partial charge in [-0.2, -0.15) is 0 Å². The number of amides is 2. The molecule has 170 valence electrons. The minimum absolute atomic E-state index is 0.149. The van der Waals surface area contributed by atoms with Crippen LogP contribution in [0.2, 0.25) is 8.87 Å². The zero-order valence-electron chi connectivity index (χ0n) is 18.2. The molecule has 2 aromatic carbocycles. The van der Waals surface area contributed by atoms with Crippen molar-refractivity contribution in [2.45, 2.75) is 48.4 Å². The molecule has 0 aliphatic rings. The van der Waals surface area contributed by atoms with Gasteiger partial charge in [-0.05, 0) is 36.4 Å². The fourth-order valence-electron chi connectivity index (χ4n) is 2.22. The van der Waals surface area contributed by atoms with E-state index < -0.39 is 11.8 Å². The number of hydroxylamine groups is 2. The Morgan fingerprint density at radius 2 is 1.19 bits per heavy atom. The average molecular weight is 537 g/mol. The molecule has 2 amide bonds. The quantitative estimate of drug-likeness (QED) is 0.0989. The summed E-state index contributed by atoms with van der Waals surface area (Å²) in [5.41, 5.74) is 15.5. The van der Waals surface area contributed by atoms with Crippen LogP contribution < -0.4 is 22.4 Å². The van der Waals surface area contributed by atoms with E-state index in [4.69, 9.17) is 21.9 Å². The minimum Gasteiger partial charge on any atom is -0.399 e. The molecule has 0 heterocycles. The van der Waals surface area contributed by atoms with Crippen molar-refractivity contribution < 1.29 is 20.0 Å². The van der Waals surface area contributed by atoms with Gasteiger partial charge in [-0.3, -0.25) is 20.0 Å². The summed E-state index contributed by atoms with van der Waals surface area (Å²) in [7, 11) is 0. The van der Waals surface area contributed by atoms with Crippen LogP contribution in [0.5, 0.6) is 0 Å². The van der Waals surface area contributed by atoms with Gasteiger partial charge in [0.2, 0.25) is 0 Å². The smallest absolute Gasteiger partial charge is 0.274 e. The van der Waals surface area contributed by atoms with Crippen molar-refractivity contribution in [3.63, 3.8) is 0 Å². The normalized spacial score (nSPS) is 9.42. The summed E-state index contributed by atoms with van der Waals surface area (Å²) in [5, 5.41) is 16.5. The van der Waals surface area contributed by atoms with E-state index in [-0.39, 0.29) is 21.1 Å². The van der Waals surface area contributed by atoms with Gasteiger partial charge in [0.1, 0.15) is 0 Å². The molecule has 0 saturated heterocycles. The van der Waals surface area contributed by atoms with Crippen molar-refractivity contribution in [3.8, 4) is 0 Å². The van der Waals surface area contributed by atoms with Crippen molar-refractivity contribution in [1.82, 2.24) is 11.0 Å². The molecule has 0 saturated carbocycles. The van der Waals surface area contributed by atoms with Crippen molar-refractivity contribution >= 4 is 44.3 Å². The molecule has 2 rings (SSSR count). The van der Waals surface area contributed by atoms with Gasteiger partial charge < -0.3 is 11.5 Å². The van der Waals surface area contributed by atoms with Crippen molar-refractivity contribution in [1.29, 1.82) is 0 Å². The van der Waals surface area contributed by atoms with Gasteiger partial charge in [-0.1, -0.05) is 12.1 Å². The van der Waals surface area contributed by atoms with Gasteiger partial charge >= 0.3 is 69.5 Å². The summed E-state index contributed by atoms with van der Waals surface area (Å²) in [4.78, 5) is 21.5. The topological polar surface area (TPSA) is 151 Å². The average Bonchev–Trinajstić information content (AvgIpc) is 2.79. The van der Waals surface area contributed by atoms with Crippen LogP contribution >= 0.6 is 0 Å². The summed E-state index contributed by atoms with van der Waals surface area (Å²) >= 11 is 0.149. The Morgan fingerprint density at radius 3 is 1.48 bits per heavy atom. The Balaban J connectivity index is 0.000000439. The third-order valence-corrected chi connectivity index (χ3v) is 7.95. The second kappa shape index (κ2) is 18.5. The van der Waals surface area contributed by atoms with Gasteiger partial charge in [0, 0.05) is 22.5 Å². The van der Waals surface area contributed by atoms with Gasteiger partial charge in [0.15, 0.2) is 0 Å². The zero-order chi connectivity index (χ0) is 23.5. The number of hydrogen-bond acceptors (Lipinski definition) is 6. The number of carbonyl (C=O) groups excluding carboxylic acids is 2. The third kappa shape index (κ3) is 14.4. The maximum absolute atomic E-state index is 10.7. The molecule has 2 radical (unpaired) electrons. The molecule has 31 heavy (non-hydrogen) atoms. The van der Waals surface area contributed by atoms with E-state index in [0.29, 0.717) is 22.5 Å². The van der Waals surface area contributed by atoms with Crippen LogP contribution in [0, 0.1) is 0 Å². The summed E-state index contributed by atoms with van der Waals surface area (Å²) in [6.07, 6.45) is 5.84. The van der Waals surface area contributed by atoms with E-state index in [0.717, 1.165) is 0 Å². The second-order valence-corrected chi connectivity index (χ2v) is 10.9. The molecule has 0 aliphatic carbocycles. The molecule has 0 aromatic heterocycles. The third-order valence-electron chi connectivity index (χ3n) is 3.91. The standard InChI is InChI=1S/2C7H8N2O2.2C4H9.Sn/c2*8-6-3-1-2-5(4-6)7(10)9-11;2*1-3-4-2;/h2*1-4,11H,8H2,(H,9,10);2*1,3-4H2,2H3;. The van der Waals surface area contributed by atoms with Crippen LogP contribution in [0.4, 0.5) is 11.4 Å². The molecule has 0 unspecified atom stereocenters. The Bertz CT molecular complexity index is 711. The van der Waals surface area contributed by atoms with Crippen LogP contribution in [0.3, 0.4) is 0 Å². The predicted octanol–water partition coefficient (Wildman–Crippen LogP) is 3.90. The summed E-state index contributed by atoms with van der Waals surface area (Å²) < 4.78 is 3.25. The summed E-state index contributed by atoms with van der Waals surface area (Å²) in [6, 6.07) is 12.7. The number of rotatable bonds is 8. The van der Waals surface area contributed by atoms with E-state index in [1.807, 2.05) is 0 Å². The molecule has 0 aliphatic heterocycles. The molecular formula is C22H34N4O4Sn. The molecule has 0 atom stereocenters. The minimum atomic E-state index is -0.558. The number of hydrogen-bond donors (Lipinski definition) is 6. The number of anilines is 2. The molecule has 0 spiro atoms. The maximum atomic E-state index is 10.7.